The Labute approximate surface area is 96.1 Å². The highest BCUT2D eigenvalue weighted by Crippen LogP contribution is 2.27. The summed E-state index contributed by atoms with van der Waals surface area (Å²) in [7, 11) is 1.36. The Kier molecular flexibility index (Phi) is 3.70. The van der Waals surface area contributed by atoms with Gasteiger partial charge in [0.1, 0.15) is 0 Å². The second-order valence-electron chi connectivity index (χ2n) is 4.78. The summed E-state index contributed by atoms with van der Waals surface area (Å²) in [4.78, 5) is 11.6. The predicted molar refractivity (Wildman–Crippen MR) is 62.4 cm³/mol. The van der Waals surface area contributed by atoms with Gasteiger partial charge in [-0.2, -0.15) is 0 Å². The fraction of sp³-hybridized carbons (Fsp3) is 0.462. The average molecular weight is 222 g/mol. The monoisotopic (exact) mass is 222 g/mol. The minimum atomic E-state index is -0.361. The van der Waals surface area contributed by atoms with Crippen LogP contribution in [0, 0.1) is 0 Å². The Balaban J connectivity index is 3.33. The lowest BCUT2D eigenvalue weighted by atomic mass is 9.83. The molecule has 88 valence electrons. The number of aliphatic hydroxyl groups excluding tert-OH is 1. The maximum Gasteiger partial charge on any atom is 0.338 e. The second-order valence-corrected chi connectivity index (χ2v) is 4.78. The summed E-state index contributed by atoms with van der Waals surface area (Å²) in [5.74, 6) is -0.361. The van der Waals surface area contributed by atoms with Gasteiger partial charge in [-0.15, -0.1) is 0 Å². The fourth-order valence-corrected chi connectivity index (χ4v) is 1.62. The van der Waals surface area contributed by atoms with E-state index >= 15 is 0 Å². The first kappa shape index (κ1) is 12.7. The summed E-state index contributed by atoms with van der Waals surface area (Å²) in [6, 6.07) is 5.39. The third kappa shape index (κ3) is 2.61. The molecule has 1 aromatic rings. The van der Waals surface area contributed by atoms with Gasteiger partial charge in [-0.05, 0) is 22.6 Å². The summed E-state index contributed by atoms with van der Waals surface area (Å²) < 4.78 is 4.75. The van der Waals surface area contributed by atoms with E-state index in [-0.39, 0.29) is 18.0 Å². The van der Waals surface area contributed by atoms with Crippen LogP contribution < -0.4 is 0 Å². The standard InChI is InChI=1S/C13H18O3/c1-13(2,3)11-6-5-9(8-14)7-10(11)12(15)16-4/h5-7,14H,8H2,1-4H3. The van der Waals surface area contributed by atoms with Crippen molar-refractivity contribution in [1.82, 2.24) is 0 Å². The summed E-state index contributed by atoms with van der Waals surface area (Å²) in [5, 5.41) is 9.06. The van der Waals surface area contributed by atoms with Crippen molar-refractivity contribution in [3.8, 4) is 0 Å². The molecule has 0 fully saturated rings. The molecule has 0 aliphatic rings. The normalized spacial score (nSPS) is 11.3. The quantitative estimate of drug-likeness (QED) is 0.781. The van der Waals surface area contributed by atoms with E-state index in [4.69, 9.17) is 9.84 Å². The molecular weight excluding hydrogens is 204 g/mol. The van der Waals surface area contributed by atoms with Gasteiger partial charge < -0.3 is 9.84 Å². The van der Waals surface area contributed by atoms with Gasteiger partial charge in [-0.25, -0.2) is 4.79 Å². The number of rotatable bonds is 2. The van der Waals surface area contributed by atoms with E-state index in [1.807, 2.05) is 32.9 Å². The number of hydrogen-bond acceptors (Lipinski definition) is 3. The van der Waals surface area contributed by atoms with Gasteiger partial charge in [0.25, 0.3) is 0 Å². The Bertz CT molecular complexity index is 389. The van der Waals surface area contributed by atoms with Crippen molar-refractivity contribution < 1.29 is 14.6 Å². The Morgan fingerprint density at radius 3 is 2.44 bits per heavy atom. The molecule has 16 heavy (non-hydrogen) atoms. The molecular formula is C13H18O3. The molecule has 0 atom stereocenters. The van der Waals surface area contributed by atoms with Gasteiger partial charge in [0, 0.05) is 0 Å². The van der Waals surface area contributed by atoms with Crippen molar-refractivity contribution in [3.63, 3.8) is 0 Å². The summed E-state index contributed by atoms with van der Waals surface area (Å²) in [6.45, 7) is 6.03. The zero-order valence-electron chi connectivity index (χ0n) is 10.2. The van der Waals surface area contributed by atoms with Crippen LogP contribution in [0.2, 0.25) is 0 Å². The first-order chi connectivity index (χ1) is 7.40. The Morgan fingerprint density at radius 1 is 1.38 bits per heavy atom. The molecule has 0 bridgehead atoms. The van der Waals surface area contributed by atoms with E-state index in [1.54, 1.807) is 6.07 Å². The predicted octanol–water partition coefficient (Wildman–Crippen LogP) is 2.26. The summed E-state index contributed by atoms with van der Waals surface area (Å²) >= 11 is 0. The van der Waals surface area contributed by atoms with Crippen LogP contribution in [0.25, 0.3) is 0 Å². The van der Waals surface area contributed by atoms with Gasteiger partial charge >= 0.3 is 5.97 Å². The van der Waals surface area contributed by atoms with Crippen molar-refractivity contribution in [2.45, 2.75) is 32.8 Å². The maximum absolute atomic E-state index is 11.6. The molecule has 0 unspecified atom stereocenters. The van der Waals surface area contributed by atoms with Crippen LogP contribution in [0.3, 0.4) is 0 Å². The van der Waals surface area contributed by atoms with Crippen LogP contribution >= 0.6 is 0 Å². The highest BCUT2D eigenvalue weighted by Gasteiger charge is 2.22. The van der Waals surface area contributed by atoms with Crippen LogP contribution in [0.15, 0.2) is 18.2 Å². The zero-order valence-corrected chi connectivity index (χ0v) is 10.2. The third-order valence-corrected chi connectivity index (χ3v) is 2.48. The molecule has 1 aromatic carbocycles. The van der Waals surface area contributed by atoms with E-state index in [1.165, 1.54) is 7.11 Å². The average Bonchev–Trinajstić information content (AvgIpc) is 2.25. The van der Waals surface area contributed by atoms with Crippen molar-refractivity contribution in [2.75, 3.05) is 7.11 Å². The number of carbonyl (C=O) groups excluding carboxylic acids is 1. The van der Waals surface area contributed by atoms with Gasteiger partial charge in [0.15, 0.2) is 0 Å². The highest BCUT2D eigenvalue weighted by molar-refractivity contribution is 5.91. The lowest BCUT2D eigenvalue weighted by Gasteiger charge is -2.22. The molecule has 0 spiro atoms. The number of aliphatic hydroxyl groups is 1. The lowest BCUT2D eigenvalue weighted by Crippen LogP contribution is -2.18. The fourth-order valence-electron chi connectivity index (χ4n) is 1.62. The SMILES string of the molecule is COC(=O)c1cc(CO)ccc1C(C)(C)C. The molecule has 0 saturated carbocycles. The number of hydrogen-bond donors (Lipinski definition) is 1. The van der Waals surface area contributed by atoms with Crippen molar-refractivity contribution in [1.29, 1.82) is 0 Å². The van der Waals surface area contributed by atoms with Crippen LogP contribution in [0.4, 0.5) is 0 Å². The first-order valence-electron chi connectivity index (χ1n) is 5.22. The third-order valence-electron chi connectivity index (χ3n) is 2.48. The number of methoxy groups -OCH3 is 1. The van der Waals surface area contributed by atoms with Crippen molar-refractivity contribution >= 4 is 5.97 Å². The van der Waals surface area contributed by atoms with Crippen LogP contribution in [-0.2, 0) is 16.8 Å². The minimum Gasteiger partial charge on any atom is -0.465 e. The molecule has 1 rings (SSSR count). The summed E-state index contributed by atoms with van der Waals surface area (Å²) in [5.41, 5.74) is 2.05. The van der Waals surface area contributed by atoms with E-state index in [0.29, 0.717) is 11.1 Å². The molecule has 3 nitrogen and oxygen atoms in total. The highest BCUT2D eigenvalue weighted by atomic mass is 16.5. The Morgan fingerprint density at radius 2 is 2.00 bits per heavy atom. The van der Waals surface area contributed by atoms with Crippen molar-refractivity contribution in [3.05, 3.63) is 34.9 Å². The molecule has 0 heterocycles. The van der Waals surface area contributed by atoms with Crippen LogP contribution in [0.1, 0.15) is 42.3 Å². The minimum absolute atomic E-state index is 0.0750. The maximum atomic E-state index is 11.6. The van der Waals surface area contributed by atoms with Gasteiger partial charge in [-0.1, -0.05) is 32.9 Å². The molecule has 0 aromatic heterocycles. The van der Waals surface area contributed by atoms with Gasteiger partial charge in [0.05, 0.1) is 19.3 Å². The molecule has 3 heteroatoms. The molecule has 0 amide bonds. The molecule has 0 aliphatic carbocycles. The molecule has 0 saturated heterocycles. The van der Waals surface area contributed by atoms with E-state index in [2.05, 4.69) is 0 Å². The largest absolute Gasteiger partial charge is 0.465 e. The zero-order chi connectivity index (χ0) is 12.3. The Hall–Kier alpha value is -1.35. The van der Waals surface area contributed by atoms with E-state index in [9.17, 15) is 4.79 Å². The van der Waals surface area contributed by atoms with Gasteiger partial charge in [0.2, 0.25) is 0 Å². The van der Waals surface area contributed by atoms with Crippen LogP contribution in [0.5, 0.6) is 0 Å². The topological polar surface area (TPSA) is 46.5 Å². The second kappa shape index (κ2) is 4.66. The number of benzene rings is 1. The van der Waals surface area contributed by atoms with Crippen molar-refractivity contribution in [2.24, 2.45) is 0 Å². The van der Waals surface area contributed by atoms with E-state index < -0.39 is 0 Å². The smallest absolute Gasteiger partial charge is 0.338 e. The number of ether oxygens (including phenoxy) is 1. The van der Waals surface area contributed by atoms with E-state index in [0.717, 1.165) is 5.56 Å². The van der Waals surface area contributed by atoms with Crippen LogP contribution in [-0.4, -0.2) is 18.2 Å². The lowest BCUT2D eigenvalue weighted by molar-refractivity contribution is 0.0597. The first-order valence-corrected chi connectivity index (χ1v) is 5.22. The number of carbonyl (C=O) groups is 1. The molecule has 1 N–H and O–H groups in total. The van der Waals surface area contributed by atoms with Gasteiger partial charge in [-0.3, -0.25) is 0 Å². The molecule has 0 aliphatic heterocycles. The number of esters is 1. The molecule has 0 radical (unpaired) electrons. The summed E-state index contributed by atoms with van der Waals surface area (Å²) in [6.07, 6.45) is 0.